The predicted molar refractivity (Wildman–Crippen MR) is 68.1 cm³/mol. The van der Waals surface area contributed by atoms with Crippen molar-refractivity contribution in [3.63, 3.8) is 0 Å². The number of amides is 2. The maximum Gasteiger partial charge on any atom is 0.322 e. The number of carbonyl (C=O) groups excluding carboxylic acids is 1. The van der Waals surface area contributed by atoms with Crippen molar-refractivity contribution in [2.24, 2.45) is 0 Å². The van der Waals surface area contributed by atoms with Crippen molar-refractivity contribution in [2.75, 3.05) is 22.1 Å². The van der Waals surface area contributed by atoms with Crippen LogP contribution in [0.25, 0.3) is 0 Å². The highest BCUT2D eigenvalue weighted by Gasteiger charge is 2.49. The van der Waals surface area contributed by atoms with Crippen LogP contribution in [0.1, 0.15) is 0 Å². The van der Waals surface area contributed by atoms with E-state index in [-0.39, 0.29) is 29.6 Å². The smallest absolute Gasteiger partial charge is 0.322 e. The molecule has 0 spiro atoms. The van der Waals surface area contributed by atoms with Gasteiger partial charge in [-0.1, -0.05) is 0 Å². The van der Waals surface area contributed by atoms with Crippen LogP contribution in [0.5, 0.6) is 0 Å². The molecule has 0 aromatic heterocycles. The van der Waals surface area contributed by atoms with Gasteiger partial charge < -0.3 is 11.1 Å². The molecule has 0 unspecified atom stereocenters. The van der Waals surface area contributed by atoms with Crippen LogP contribution in [0.2, 0.25) is 0 Å². The van der Waals surface area contributed by atoms with Gasteiger partial charge >= 0.3 is 6.03 Å². The highest BCUT2D eigenvalue weighted by molar-refractivity contribution is 7.91. The van der Waals surface area contributed by atoms with Gasteiger partial charge in [0, 0.05) is 11.4 Å². The second kappa shape index (κ2) is 3.61. The molecule has 0 bridgehead atoms. The number of carbonyl (C=O) groups is 1. The highest BCUT2D eigenvalue weighted by atomic mass is 32.2. The van der Waals surface area contributed by atoms with Crippen LogP contribution in [0.3, 0.4) is 0 Å². The molecule has 18 heavy (non-hydrogen) atoms. The van der Waals surface area contributed by atoms with E-state index in [2.05, 4.69) is 5.32 Å². The van der Waals surface area contributed by atoms with Crippen LogP contribution in [0.15, 0.2) is 24.3 Å². The summed E-state index contributed by atoms with van der Waals surface area (Å²) in [6.07, 6.45) is 0. The van der Waals surface area contributed by atoms with Crippen molar-refractivity contribution >= 4 is 27.2 Å². The van der Waals surface area contributed by atoms with Crippen LogP contribution >= 0.6 is 0 Å². The molecule has 2 amide bonds. The Morgan fingerprint density at radius 1 is 1.22 bits per heavy atom. The van der Waals surface area contributed by atoms with E-state index in [1.165, 1.54) is 4.90 Å². The minimum absolute atomic E-state index is 0.0147. The zero-order chi connectivity index (χ0) is 12.9. The molecule has 0 aliphatic carbocycles. The summed E-state index contributed by atoms with van der Waals surface area (Å²) in [6.45, 7) is 0. The topological polar surface area (TPSA) is 92.5 Å². The number of sulfone groups is 1. The molecule has 2 fully saturated rings. The van der Waals surface area contributed by atoms with Gasteiger partial charge in [-0.3, -0.25) is 4.90 Å². The molecule has 2 heterocycles. The average Bonchev–Trinajstić information content (AvgIpc) is 2.70. The number of urea groups is 1. The summed E-state index contributed by atoms with van der Waals surface area (Å²) in [6, 6.07) is 5.97. The first kappa shape index (κ1) is 11.3. The number of hydrogen-bond acceptors (Lipinski definition) is 4. The molecular weight excluding hydrogens is 254 g/mol. The van der Waals surface area contributed by atoms with E-state index < -0.39 is 9.84 Å². The van der Waals surface area contributed by atoms with Crippen LogP contribution in [-0.2, 0) is 9.84 Å². The molecular formula is C11H13N3O3S. The normalized spacial score (nSPS) is 29.1. The highest BCUT2D eigenvalue weighted by Crippen LogP contribution is 2.29. The van der Waals surface area contributed by atoms with E-state index in [9.17, 15) is 13.2 Å². The number of fused-ring (bicyclic) bond motifs is 1. The van der Waals surface area contributed by atoms with Crippen LogP contribution in [-0.4, -0.2) is 38.0 Å². The molecule has 1 aromatic carbocycles. The number of nitrogens with zero attached hydrogens (tertiary/aromatic N) is 1. The van der Waals surface area contributed by atoms with Gasteiger partial charge in [-0.2, -0.15) is 0 Å². The first-order chi connectivity index (χ1) is 8.46. The van der Waals surface area contributed by atoms with Gasteiger partial charge in [-0.05, 0) is 24.3 Å². The summed E-state index contributed by atoms with van der Waals surface area (Å²) in [5, 5.41) is 2.71. The minimum atomic E-state index is -3.06. The second-order valence-corrected chi connectivity index (χ2v) is 6.82. The van der Waals surface area contributed by atoms with Gasteiger partial charge in [0.15, 0.2) is 9.84 Å². The van der Waals surface area contributed by atoms with Gasteiger partial charge in [0.1, 0.15) is 0 Å². The third-order valence-corrected chi connectivity index (χ3v) is 5.07. The Bertz CT molecular complexity index is 596. The fraction of sp³-hybridized carbons (Fsp3) is 0.364. The van der Waals surface area contributed by atoms with E-state index in [4.69, 9.17) is 5.73 Å². The fourth-order valence-electron chi connectivity index (χ4n) is 2.54. The van der Waals surface area contributed by atoms with Gasteiger partial charge in [0.25, 0.3) is 0 Å². The predicted octanol–water partition coefficient (Wildman–Crippen LogP) is -0.0360. The zero-order valence-electron chi connectivity index (χ0n) is 9.54. The van der Waals surface area contributed by atoms with E-state index in [1.807, 2.05) is 0 Å². The summed E-state index contributed by atoms with van der Waals surface area (Å²) in [4.78, 5) is 13.4. The Hall–Kier alpha value is -1.76. The molecule has 1 aromatic rings. The number of hydrogen-bond donors (Lipinski definition) is 2. The lowest BCUT2D eigenvalue weighted by Gasteiger charge is -2.21. The summed E-state index contributed by atoms with van der Waals surface area (Å²) < 4.78 is 23.2. The Kier molecular flexibility index (Phi) is 2.28. The monoisotopic (exact) mass is 267 g/mol. The molecule has 2 aliphatic rings. The molecule has 96 valence electrons. The van der Waals surface area contributed by atoms with Crippen molar-refractivity contribution in [3.05, 3.63) is 24.3 Å². The van der Waals surface area contributed by atoms with Crippen molar-refractivity contribution in [1.82, 2.24) is 5.32 Å². The molecule has 2 aliphatic heterocycles. The second-order valence-electron chi connectivity index (χ2n) is 4.66. The summed E-state index contributed by atoms with van der Waals surface area (Å²) in [7, 11) is -3.06. The quantitative estimate of drug-likeness (QED) is 0.552. The first-order valence-corrected chi connectivity index (χ1v) is 7.44. The SMILES string of the molecule is Nc1ccc(N2C(=O)N[C@H]3CS(=O)(=O)C[C@@H]32)cc1. The lowest BCUT2D eigenvalue weighted by atomic mass is 10.1. The molecule has 6 nitrogen and oxygen atoms in total. The Morgan fingerprint density at radius 2 is 1.89 bits per heavy atom. The number of benzene rings is 1. The number of nitrogen functional groups attached to an aromatic ring is 1. The lowest BCUT2D eigenvalue weighted by molar-refractivity contribution is 0.251. The van der Waals surface area contributed by atoms with E-state index in [0.29, 0.717) is 11.4 Å². The zero-order valence-corrected chi connectivity index (χ0v) is 10.4. The van der Waals surface area contributed by atoms with Gasteiger partial charge in [-0.15, -0.1) is 0 Å². The van der Waals surface area contributed by atoms with E-state index in [0.717, 1.165) is 0 Å². The van der Waals surface area contributed by atoms with Gasteiger partial charge in [-0.25, -0.2) is 13.2 Å². The molecule has 2 saturated heterocycles. The maximum atomic E-state index is 11.9. The summed E-state index contributed by atoms with van der Waals surface area (Å²) >= 11 is 0. The largest absolute Gasteiger partial charge is 0.399 e. The molecule has 0 radical (unpaired) electrons. The van der Waals surface area contributed by atoms with Gasteiger partial charge in [0.2, 0.25) is 0 Å². The third-order valence-electron chi connectivity index (χ3n) is 3.35. The minimum Gasteiger partial charge on any atom is -0.399 e. The van der Waals surface area contributed by atoms with Crippen LogP contribution < -0.4 is 16.0 Å². The third kappa shape index (κ3) is 1.71. The Labute approximate surface area is 105 Å². The fourth-order valence-corrected chi connectivity index (χ4v) is 4.43. The molecule has 7 heteroatoms. The van der Waals surface area contributed by atoms with Gasteiger partial charge in [0.05, 0.1) is 23.6 Å². The van der Waals surface area contributed by atoms with Crippen molar-refractivity contribution < 1.29 is 13.2 Å². The number of nitrogens with two attached hydrogens (primary N) is 1. The van der Waals surface area contributed by atoms with Crippen LogP contribution in [0, 0.1) is 0 Å². The molecule has 3 rings (SSSR count). The number of nitrogens with one attached hydrogen (secondary N) is 1. The maximum absolute atomic E-state index is 11.9. The van der Waals surface area contributed by atoms with Crippen molar-refractivity contribution in [2.45, 2.75) is 12.1 Å². The molecule has 2 atom stereocenters. The van der Waals surface area contributed by atoms with E-state index >= 15 is 0 Å². The van der Waals surface area contributed by atoms with Crippen molar-refractivity contribution in [1.29, 1.82) is 0 Å². The molecule has 3 N–H and O–H groups in total. The number of anilines is 2. The standard InChI is InChI=1S/C11H13N3O3S/c12-7-1-3-8(4-2-7)14-10-6-18(16,17)5-9(10)13-11(14)15/h1-4,9-10H,5-6,12H2,(H,13,15)/t9-,10-/m0/s1. The average molecular weight is 267 g/mol. The summed E-state index contributed by atoms with van der Waals surface area (Å²) in [5.41, 5.74) is 6.87. The van der Waals surface area contributed by atoms with Crippen molar-refractivity contribution in [3.8, 4) is 0 Å². The Balaban J connectivity index is 1.96. The lowest BCUT2D eigenvalue weighted by Crippen LogP contribution is -2.36. The van der Waals surface area contributed by atoms with Crippen LogP contribution in [0.4, 0.5) is 16.2 Å². The molecule has 0 saturated carbocycles. The number of rotatable bonds is 1. The first-order valence-electron chi connectivity index (χ1n) is 5.62. The van der Waals surface area contributed by atoms with E-state index in [1.54, 1.807) is 24.3 Å². The Morgan fingerprint density at radius 3 is 2.56 bits per heavy atom. The summed E-state index contributed by atoms with van der Waals surface area (Å²) in [5.74, 6) is 0.0374.